The molecule has 0 aromatic carbocycles. The fourth-order valence-electron chi connectivity index (χ4n) is 0.0533. The maximum absolute atomic E-state index is 4.41. The van der Waals surface area contributed by atoms with Crippen molar-refractivity contribution >= 4 is 0 Å². The van der Waals surface area contributed by atoms with E-state index in [9.17, 15) is 0 Å². The Hall–Kier alpha value is 0.0795. The van der Waals surface area contributed by atoms with Crippen LogP contribution in [0.1, 0.15) is 13.3 Å². The summed E-state index contributed by atoms with van der Waals surface area (Å²) in [4.78, 5) is 2.33. The summed E-state index contributed by atoms with van der Waals surface area (Å²) < 4.78 is 0. The maximum atomic E-state index is 4.41. The van der Waals surface area contributed by atoms with Crippen molar-refractivity contribution < 1.29 is 16.0 Å². The summed E-state index contributed by atoms with van der Waals surface area (Å²) in [6.45, 7) is 1.97. The van der Waals surface area contributed by atoms with Crippen molar-refractivity contribution in [2.45, 2.75) is 13.3 Å². The number of rotatable bonds is 0. The Morgan fingerprint density at radius 2 is 2.40 bits per heavy atom. The van der Waals surface area contributed by atoms with Crippen LogP contribution in [0.15, 0.2) is 0 Å². The Morgan fingerprint density at radius 3 is 2.40 bits per heavy atom. The predicted molar refractivity (Wildman–Crippen MR) is 18.1 cm³/mol. The predicted octanol–water partition coefficient (Wildman–Crippen LogP) is 0.904. The summed E-state index contributed by atoms with van der Waals surface area (Å²) >= 11 is 4.41. The Balaban J connectivity index is 2.81. The molecule has 0 nitrogen and oxygen atoms in total. The molecule has 0 aliphatic rings. The van der Waals surface area contributed by atoms with Gasteiger partial charge in [0.2, 0.25) is 0 Å². The average Bonchev–Trinajstić information content (AvgIpc) is 1.41. The first-order valence-corrected chi connectivity index (χ1v) is 1.93. The summed E-state index contributed by atoms with van der Waals surface area (Å²) in [6, 6.07) is 0. The molecule has 0 fully saturated rings. The first-order chi connectivity index (χ1) is 2.41. The van der Waals surface area contributed by atoms with Crippen LogP contribution in [0.4, 0.5) is 0 Å². The second kappa shape index (κ2) is 4.08. The van der Waals surface area contributed by atoms with E-state index in [4.69, 9.17) is 0 Å². The van der Waals surface area contributed by atoms with Crippen LogP contribution in [0, 0.1) is 10.7 Å². The normalized spacial score (nSPS) is 5.40. The van der Waals surface area contributed by atoms with Gasteiger partial charge in [-0.25, -0.2) is 0 Å². The molecule has 0 atom stereocenters. The van der Waals surface area contributed by atoms with Crippen LogP contribution in [0.3, 0.4) is 0 Å². The van der Waals surface area contributed by atoms with Crippen LogP contribution in [0.25, 0.3) is 0 Å². The molecule has 0 aromatic heterocycles. The molecule has 0 amide bonds. The van der Waals surface area contributed by atoms with Gasteiger partial charge in [0.1, 0.15) is 0 Å². The first kappa shape index (κ1) is 5.08. The topological polar surface area (TPSA) is 0 Å². The second-order valence-corrected chi connectivity index (χ2v) is 0.841. The molecular formula is C4H5Cu. The van der Waals surface area contributed by atoms with Crippen LogP contribution < -0.4 is 0 Å². The molecule has 32 valence electrons. The Morgan fingerprint density at radius 1 is 1.80 bits per heavy atom. The fourth-order valence-corrected chi connectivity index (χ4v) is 0.220. The van der Waals surface area contributed by atoms with Gasteiger partial charge in [-0.3, -0.25) is 0 Å². The number of hydrogen-bond acceptors (Lipinski definition) is 0. The third-order valence-corrected chi connectivity index (χ3v) is 0.397. The van der Waals surface area contributed by atoms with Crippen LogP contribution in [-0.2, 0) is 16.0 Å². The molecule has 0 aliphatic heterocycles. The van der Waals surface area contributed by atoms with Gasteiger partial charge in [0.15, 0.2) is 0 Å². The molecule has 1 heteroatoms. The molecule has 0 saturated heterocycles. The van der Waals surface area contributed by atoms with E-state index in [0.717, 1.165) is 6.42 Å². The van der Waals surface area contributed by atoms with Crippen LogP contribution in [0.5, 0.6) is 0 Å². The van der Waals surface area contributed by atoms with E-state index in [-0.39, 0.29) is 0 Å². The van der Waals surface area contributed by atoms with Gasteiger partial charge in [0.25, 0.3) is 0 Å². The average molecular weight is 117 g/mol. The van der Waals surface area contributed by atoms with Crippen molar-refractivity contribution in [3.05, 3.63) is 0 Å². The monoisotopic (exact) mass is 116 g/mol. The van der Waals surface area contributed by atoms with Crippen molar-refractivity contribution in [1.29, 1.82) is 0 Å². The quantitative estimate of drug-likeness (QED) is 0.326. The third-order valence-electron chi connectivity index (χ3n) is 0.230. The standard InChI is InChI=1S/C4H5.Cu/c1-3-4-2;/h3H2,1H3;. The van der Waals surface area contributed by atoms with Gasteiger partial charge in [0.05, 0.1) is 0 Å². The number of hydrogen-bond donors (Lipinski definition) is 0. The molecule has 0 bridgehead atoms. The molecule has 0 N–H and O–H groups in total. The molecule has 0 saturated carbocycles. The van der Waals surface area contributed by atoms with E-state index in [2.05, 4.69) is 26.8 Å². The van der Waals surface area contributed by atoms with Crippen LogP contribution in [-0.4, -0.2) is 0 Å². The van der Waals surface area contributed by atoms with E-state index in [1.54, 1.807) is 0 Å². The molecule has 0 radical (unpaired) electrons. The van der Waals surface area contributed by atoms with E-state index in [1.807, 2.05) is 6.92 Å². The van der Waals surface area contributed by atoms with Crippen molar-refractivity contribution in [3.63, 3.8) is 0 Å². The summed E-state index contributed by atoms with van der Waals surface area (Å²) in [6.07, 6.45) is 0.873. The molecule has 0 aromatic rings. The van der Waals surface area contributed by atoms with E-state index in [1.165, 1.54) is 0 Å². The molecule has 0 unspecified atom stereocenters. The molecular weight excluding hydrogens is 112 g/mol. The van der Waals surface area contributed by atoms with Crippen molar-refractivity contribution in [3.8, 4) is 10.7 Å². The first-order valence-electron chi connectivity index (χ1n) is 1.46. The third kappa shape index (κ3) is 4.08. The van der Waals surface area contributed by atoms with Gasteiger partial charge in [-0.05, 0) is 0 Å². The molecule has 0 rings (SSSR count). The van der Waals surface area contributed by atoms with Crippen molar-refractivity contribution in [2.75, 3.05) is 0 Å². The summed E-state index contributed by atoms with van der Waals surface area (Å²) in [5.41, 5.74) is 0. The molecule has 0 spiro atoms. The van der Waals surface area contributed by atoms with Crippen molar-refractivity contribution in [1.82, 2.24) is 0 Å². The van der Waals surface area contributed by atoms with Gasteiger partial charge < -0.3 is 0 Å². The van der Waals surface area contributed by atoms with Gasteiger partial charge in [0, 0.05) is 0 Å². The van der Waals surface area contributed by atoms with E-state index < -0.39 is 0 Å². The van der Waals surface area contributed by atoms with Gasteiger partial charge in [-0.1, -0.05) is 0 Å². The van der Waals surface area contributed by atoms with E-state index in [0.29, 0.717) is 0 Å². The molecule has 5 heavy (non-hydrogen) atoms. The Kier molecular flexibility index (Phi) is 4.14. The van der Waals surface area contributed by atoms with Crippen molar-refractivity contribution in [2.24, 2.45) is 0 Å². The zero-order valence-corrected chi connectivity index (χ0v) is 3.95. The van der Waals surface area contributed by atoms with Gasteiger partial charge in [-0.15, -0.1) is 0 Å². The van der Waals surface area contributed by atoms with Gasteiger partial charge >= 0.3 is 40.1 Å². The SMILES string of the molecule is CCC#[C][Cu]. The molecule has 0 aliphatic carbocycles. The molecule has 0 heterocycles. The fraction of sp³-hybridized carbons (Fsp3) is 0.500. The zero-order valence-electron chi connectivity index (χ0n) is 3.01. The van der Waals surface area contributed by atoms with Gasteiger partial charge in [-0.2, -0.15) is 0 Å². The zero-order chi connectivity index (χ0) is 4.12. The Bertz CT molecular complexity index is 55.8. The summed E-state index contributed by atoms with van der Waals surface area (Å²) in [5, 5.41) is 0. The van der Waals surface area contributed by atoms with Crippen LogP contribution >= 0.6 is 0 Å². The minimum atomic E-state index is 0.873. The summed E-state index contributed by atoms with van der Waals surface area (Å²) in [5.74, 6) is 2.67. The summed E-state index contributed by atoms with van der Waals surface area (Å²) in [7, 11) is 0. The second-order valence-electron chi connectivity index (χ2n) is 0.606. The van der Waals surface area contributed by atoms with Crippen LogP contribution in [0.2, 0.25) is 0 Å². The minimum absolute atomic E-state index is 0.873. The van der Waals surface area contributed by atoms with E-state index >= 15 is 0 Å². The Labute approximate surface area is 40.8 Å².